The molecule has 6 heteroatoms. The predicted octanol–water partition coefficient (Wildman–Crippen LogP) is 1.20. The summed E-state index contributed by atoms with van der Waals surface area (Å²) in [7, 11) is 0. The number of benzene rings is 1. The summed E-state index contributed by atoms with van der Waals surface area (Å²) in [5.41, 5.74) is -0.00814. The van der Waals surface area contributed by atoms with Crippen molar-refractivity contribution in [3.05, 3.63) is 47.5 Å². The second-order valence-corrected chi connectivity index (χ2v) is 3.36. The number of halogens is 1. The number of carbonyl (C=O) groups is 1. The molecule has 0 radical (unpaired) electrons. The zero-order valence-corrected chi connectivity index (χ0v) is 8.67. The second-order valence-electron chi connectivity index (χ2n) is 3.36. The van der Waals surface area contributed by atoms with Crippen LogP contribution in [0.4, 0.5) is 4.39 Å². The molecule has 88 valence electrons. The van der Waals surface area contributed by atoms with Crippen molar-refractivity contribution in [2.45, 2.75) is 6.61 Å². The summed E-state index contributed by atoms with van der Waals surface area (Å²) in [6, 6.07) is 5.84. The maximum absolute atomic E-state index is 13.5. The Morgan fingerprint density at radius 1 is 1.41 bits per heavy atom. The van der Waals surface area contributed by atoms with Gasteiger partial charge >= 0.3 is 5.97 Å². The molecule has 17 heavy (non-hydrogen) atoms. The first kappa shape index (κ1) is 11.3. The van der Waals surface area contributed by atoms with E-state index in [1.807, 2.05) is 0 Å². The molecule has 1 aromatic carbocycles. The Morgan fingerprint density at radius 2 is 2.12 bits per heavy atom. The first-order chi connectivity index (χ1) is 8.13. The summed E-state index contributed by atoms with van der Waals surface area (Å²) in [5, 5.41) is 21.6. The number of carboxylic acid groups (broad SMARTS) is 1. The fraction of sp³-hybridized carbons (Fsp3) is 0.0909. The Balaban J connectivity index is 2.54. The third-order valence-corrected chi connectivity index (χ3v) is 2.26. The van der Waals surface area contributed by atoms with Crippen molar-refractivity contribution in [3.8, 4) is 5.69 Å². The molecule has 0 unspecified atom stereocenters. The van der Waals surface area contributed by atoms with Gasteiger partial charge in [0.15, 0.2) is 5.69 Å². The van der Waals surface area contributed by atoms with Gasteiger partial charge in [-0.3, -0.25) is 0 Å². The van der Waals surface area contributed by atoms with Crippen molar-refractivity contribution >= 4 is 5.97 Å². The highest BCUT2D eigenvalue weighted by Gasteiger charge is 2.16. The van der Waals surface area contributed by atoms with Gasteiger partial charge in [0.05, 0.1) is 6.61 Å². The van der Waals surface area contributed by atoms with Gasteiger partial charge in [0.1, 0.15) is 11.5 Å². The van der Waals surface area contributed by atoms with Crippen LogP contribution in [0.1, 0.15) is 16.1 Å². The van der Waals surface area contributed by atoms with E-state index in [4.69, 9.17) is 10.2 Å². The molecule has 0 aliphatic rings. The lowest BCUT2D eigenvalue weighted by Crippen LogP contribution is -2.03. The number of aromatic nitrogens is 2. The van der Waals surface area contributed by atoms with Crippen LogP contribution in [0.15, 0.2) is 30.5 Å². The summed E-state index contributed by atoms with van der Waals surface area (Å²) in [5.74, 6) is -1.78. The third kappa shape index (κ3) is 2.02. The van der Waals surface area contributed by atoms with Crippen molar-refractivity contribution in [2.75, 3.05) is 0 Å². The number of aliphatic hydroxyl groups excluding tert-OH is 1. The lowest BCUT2D eigenvalue weighted by atomic mass is 10.2. The topological polar surface area (TPSA) is 75.3 Å². The number of hydrogen-bond donors (Lipinski definition) is 2. The lowest BCUT2D eigenvalue weighted by Gasteiger charge is -2.01. The molecule has 0 aliphatic carbocycles. The SMILES string of the molecule is O=C(O)c1nn(-c2ccccc2F)cc1CO. The second kappa shape index (κ2) is 4.34. The first-order valence-electron chi connectivity index (χ1n) is 4.81. The van der Waals surface area contributed by atoms with Gasteiger partial charge in [0.25, 0.3) is 0 Å². The maximum atomic E-state index is 13.5. The third-order valence-electron chi connectivity index (χ3n) is 2.26. The highest BCUT2D eigenvalue weighted by molar-refractivity contribution is 5.87. The van der Waals surface area contributed by atoms with Gasteiger partial charge in [-0.05, 0) is 12.1 Å². The number of carboxylic acids is 1. The average Bonchev–Trinajstić information content (AvgIpc) is 2.73. The molecule has 1 heterocycles. The zero-order valence-electron chi connectivity index (χ0n) is 8.67. The molecule has 1 aromatic heterocycles. The monoisotopic (exact) mass is 236 g/mol. The summed E-state index contributed by atoms with van der Waals surface area (Å²) < 4.78 is 14.6. The van der Waals surface area contributed by atoms with Crippen LogP contribution < -0.4 is 0 Å². The van der Waals surface area contributed by atoms with Crippen LogP contribution in [0.2, 0.25) is 0 Å². The predicted molar refractivity (Wildman–Crippen MR) is 56.4 cm³/mol. The minimum atomic E-state index is -1.26. The number of aliphatic hydroxyl groups is 1. The molecule has 0 atom stereocenters. The van der Waals surface area contributed by atoms with Crippen LogP contribution in [0.5, 0.6) is 0 Å². The van der Waals surface area contributed by atoms with Crippen LogP contribution in [-0.4, -0.2) is 26.0 Å². The molecule has 0 fully saturated rings. The number of rotatable bonds is 3. The minimum Gasteiger partial charge on any atom is -0.476 e. The molecule has 2 rings (SSSR count). The molecule has 0 amide bonds. The molecular weight excluding hydrogens is 227 g/mol. The van der Waals surface area contributed by atoms with Gasteiger partial charge in [-0.1, -0.05) is 12.1 Å². The smallest absolute Gasteiger partial charge is 0.356 e. The van der Waals surface area contributed by atoms with E-state index < -0.39 is 18.4 Å². The van der Waals surface area contributed by atoms with Crippen molar-refractivity contribution in [2.24, 2.45) is 0 Å². The molecule has 0 saturated heterocycles. The maximum Gasteiger partial charge on any atom is 0.356 e. The summed E-state index contributed by atoms with van der Waals surface area (Å²) in [4.78, 5) is 10.8. The Labute approximate surface area is 95.7 Å². The number of aromatic carboxylic acids is 1. The highest BCUT2D eigenvalue weighted by Crippen LogP contribution is 2.15. The summed E-state index contributed by atoms with van der Waals surface area (Å²) in [6.45, 7) is -0.462. The summed E-state index contributed by atoms with van der Waals surface area (Å²) >= 11 is 0. The van der Waals surface area contributed by atoms with E-state index in [2.05, 4.69) is 5.10 Å². The highest BCUT2D eigenvalue weighted by atomic mass is 19.1. The van der Waals surface area contributed by atoms with E-state index in [-0.39, 0.29) is 16.9 Å². The van der Waals surface area contributed by atoms with Gasteiger partial charge < -0.3 is 10.2 Å². The van der Waals surface area contributed by atoms with E-state index in [9.17, 15) is 9.18 Å². The molecule has 0 aliphatic heterocycles. The molecule has 2 N–H and O–H groups in total. The number of nitrogens with zero attached hydrogens (tertiary/aromatic N) is 2. The minimum absolute atomic E-state index is 0.134. The van der Waals surface area contributed by atoms with Crippen molar-refractivity contribution in [1.29, 1.82) is 0 Å². The Kier molecular flexibility index (Phi) is 2.88. The Morgan fingerprint density at radius 3 is 2.65 bits per heavy atom. The molecular formula is C11H9FN2O3. The molecule has 0 bridgehead atoms. The van der Waals surface area contributed by atoms with Gasteiger partial charge in [-0.2, -0.15) is 5.10 Å². The van der Waals surface area contributed by atoms with Crippen molar-refractivity contribution < 1.29 is 19.4 Å². The van der Waals surface area contributed by atoms with Crippen LogP contribution in [-0.2, 0) is 6.61 Å². The van der Waals surface area contributed by atoms with Gasteiger partial charge in [-0.15, -0.1) is 0 Å². The average molecular weight is 236 g/mol. The van der Waals surface area contributed by atoms with Gasteiger partial charge in [0.2, 0.25) is 0 Å². The molecule has 0 spiro atoms. The normalized spacial score (nSPS) is 10.5. The fourth-order valence-electron chi connectivity index (χ4n) is 1.47. The Hall–Kier alpha value is -2.21. The molecule has 5 nitrogen and oxygen atoms in total. The van der Waals surface area contributed by atoms with Crippen molar-refractivity contribution in [3.63, 3.8) is 0 Å². The molecule has 0 saturated carbocycles. The molecule has 2 aromatic rings. The zero-order chi connectivity index (χ0) is 12.4. The summed E-state index contributed by atoms with van der Waals surface area (Å²) in [6.07, 6.45) is 1.29. The number of hydrogen-bond acceptors (Lipinski definition) is 3. The van der Waals surface area contributed by atoms with Crippen LogP contribution in [0.3, 0.4) is 0 Å². The lowest BCUT2D eigenvalue weighted by molar-refractivity contribution is 0.0686. The standard InChI is InChI=1S/C11H9FN2O3/c12-8-3-1-2-4-9(8)14-5-7(6-15)10(13-14)11(16)17/h1-5,15H,6H2,(H,16,17). The fourth-order valence-corrected chi connectivity index (χ4v) is 1.47. The van der Waals surface area contributed by atoms with Crippen LogP contribution in [0.25, 0.3) is 5.69 Å². The number of para-hydroxylation sites is 1. The van der Waals surface area contributed by atoms with Crippen LogP contribution >= 0.6 is 0 Å². The van der Waals surface area contributed by atoms with E-state index >= 15 is 0 Å². The van der Waals surface area contributed by atoms with Crippen LogP contribution in [0, 0.1) is 5.82 Å². The van der Waals surface area contributed by atoms with E-state index in [1.165, 1.54) is 24.4 Å². The van der Waals surface area contributed by atoms with E-state index in [1.54, 1.807) is 6.07 Å². The first-order valence-corrected chi connectivity index (χ1v) is 4.81. The largest absolute Gasteiger partial charge is 0.476 e. The van der Waals surface area contributed by atoms with Gasteiger partial charge in [-0.25, -0.2) is 13.9 Å². The van der Waals surface area contributed by atoms with Gasteiger partial charge in [0, 0.05) is 11.8 Å². The Bertz CT molecular complexity index is 566. The van der Waals surface area contributed by atoms with Crippen molar-refractivity contribution in [1.82, 2.24) is 9.78 Å². The van der Waals surface area contributed by atoms with E-state index in [0.717, 1.165) is 4.68 Å². The quantitative estimate of drug-likeness (QED) is 0.839. The van der Waals surface area contributed by atoms with E-state index in [0.29, 0.717) is 0 Å².